The highest BCUT2D eigenvalue weighted by Crippen LogP contribution is 2.48. The Hall–Kier alpha value is -3.88. The number of esters is 4. The molecule has 0 amide bonds. The molecule has 4 saturated heterocycles. The van der Waals surface area contributed by atoms with Crippen LogP contribution in [0.25, 0.3) is 0 Å². The van der Waals surface area contributed by atoms with Gasteiger partial charge in [-0.25, -0.2) is 9.59 Å². The molecule has 0 radical (unpaired) electrons. The van der Waals surface area contributed by atoms with E-state index < -0.39 is 24.5 Å². The molecule has 18 atom stereocenters. The van der Waals surface area contributed by atoms with Crippen molar-refractivity contribution in [1.82, 2.24) is 0 Å². The van der Waals surface area contributed by atoms with Crippen molar-refractivity contribution in [1.29, 1.82) is 0 Å². The van der Waals surface area contributed by atoms with E-state index in [0.29, 0.717) is 87.1 Å². The van der Waals surface area contributed by atoms with E-state index in [0.717, 1.165) is 120 Å². The van der Waals surface area contributed by atoms with Gasteiger partial charge in [-0.2, -0.15) is 0 Å². The van der Waals surface area contributed by atoms with Crippen molar-refractivity contribution in [2.24, 2.45) is 59.2 Å². The second-order valence-electron chi connectivity index (χ2n) is 29.6. The van der Waals surface area contributed by atoms with Gasteiger partial charge in [-0.1, -0.05) is 167 Å². The number of allylic oxidation sites excluding steroid dienone is 6. The fraction of sp³-hybridized carbons (Fsp3) is 0.795. The van der Waals surface area contributed by atoms with E-state index in [4.69, 9.17) is 37.9 Å². The first kappa shape index (κ1) is 81.4. The van der Waals surface area contributed by atoms with E-state index in [2.05, 4.69) is 64.2 Å². The highest BCUT2D eigenvalue weighted by atomic mass is 33.1. The Morgan fingerprint density at radius 1 is 0.490 bits per heavy atom. The first-order valence-electron chi connectivity index (χ1n) is 38.1. The summed E-state index contributed by atoms with van der Waals surface area (Å²) in [5.74, 6) is 3.94. The molecule has 0 aromatic heterocycles. The summed E-state index contributed by atoms with van der Waals surface area (Å²) in [6.07, 6.45) is 35.7. The Balaban J connectivity index is 0.000000276. The van der Waals surface area contributed by atoms with Gasteiger partial charge in [0.05, 0.1) is 37.9 Å². The molecule has 18 unspecified atom stereocenters. The molecule has 0 N–H and O–H groups in total. The topological polar surface area (TPSA) is 210 Å². The van der Waals surface area contributed by atoms with Crippen molar-refractivity contribution < 1.29 is 76.3 Å². The summed E-state index contributed by atoms with van der Waals surface area (Å²) < 4.78 is 45.4. The fourth-order valence-corrected chi connectivity index (χ4v) is 21.3. The normalized spacial score (nSPS) is 30.1. The van der Waals surface area contributed by atoms with E-state index in [1.54, 1.807) is 0 Å². The number of fused-ring (bicyclic) bond motifs is 2. The third-order valence-corrected chi connectivity index (χ3v) is 27.4. The van der Waals surface area contributed by atoms with Crippen molar-refractivity contribution in [3.63, 3.8) is 0 Å². The van der Waals surface area contributed by atoms with Crippen LogP contribution in [0.1, 0.15) is 261 Å². The van der Waals surface area contributed by atoms with Crippen LogP contribution in [-0.4, -0.2) is 120 Å². The van der Waals surface area contributed by atoms with Gasteiger partial charge in [0.1, 0.15) is 48.2 Å². The number of hydrogen-bond acceptors (Lipinski definition) is 20. The lowest BCUT2D eigenvalue weighted by Crippen LogP contribution is -2.42. The average molecular weight is 1440 g/mol. The predicted octanol–water partition coefficient (Wildman–Crippen LogP) is 19.2. The molecule has 4 heterocycles. The van der Waals surface area contributed by atoms with E-state index in [1.165, 1.54) is 48.3 Å². The molecule has 4 aliphatic heterocycles. The second-order valence-corrected chi connectivity index (χ2v) is 35.2. The third kappa shape index (κ3) is 28.4. The van der Waals surface area contributed by atoms with E-state index in [9.17, 15) is 38.4 Å². The number of rotatable bonds is 38. The van der Waals surface area contributed by atoms with Crippen LogP contribution < -0.4 is 0 Å². The zero-order chi connectivity index (χ0) is 70.3. The largest absolute Gasteiger partial charge is 0.508 e. The number of hydrogen-bond donors (Lipinski definition) is 0. The van der Waals surface area contributed by atoms with Crippen molar-refractivity contribution in [3.8, 4) is 0 Å². The summed E-state index contributed by atoms with van der Waals surface area (Å²) in [5.41, 5.74) is 2.47. The van der Waals surface area contributed by atoms with Gasteiger partial charge in [0.15, 0.2) is 0 Å². The molecule has 98 heavy (non-hydrogen) atoms. The molecular formula is C78H120O16S4. The number of ether oxygens (including phenoxy) is 8. The number of Topliss-reactive ketones (excluding diaryl/α,β-unsaturated/α-hetero) is 2. The summed E-state index contributed by atoms with van der Waals surface area (Å²) in [7, 11) is 7.95. The summed E-state index contributed by atoms with van der Waals surface area (Å²) in [6, 6.07) is 0. The molecule has 16 nitrogen and oxygen atoms in total. The van der Waals surface area contributed by atoms with Gasteiger partial charge in [-0.05, 0) is 169 Å². The van der Waals surface area contributed by atoms with Crippen molar-refractivity contribution in [2.45, 2.75) is 308 Å². The SMILES string of the molecule is CCC(C)C(=O)OC1CC(C)C=C2C=CC(C)C(CCC3CC(OC(=O)OCCCCCC(=O)CCCCC4CCSS4)CC(=O)O3)C21.CCC(C)C(=O)OC1CC(C)C=C2C=CC(C)C(CCC3CC(OC(=O)OCCCCCCCC(=O)CCCCC4CCSS4)CC(=O)O3)C21. The van der Waals surface area contributed by atoms with Gasteiger partial charge < -0.3 is 37.9 Å². The molecule has 0 aromatic rings. The van der Waals surface area contributed by atoms with Gasteiger partial charge in [0.2, 0.25) is 0 Å². The number of carbonyl (C=O) groups is 8. The number of carbonyl (C=O) groups excluding carboxylic acids is 8. The summed E-state index contributed by atoms with van der Waals surface area (Å²) in [5, 5.41) is 1.56. The van der Waals surface area contributed by atoms with Crippen LogP contribution in [0.4, 0.5) is 9.59 Å². The lowest BCUT2D eigenvalue weighted by Gasteiger charge is -2.43. The minimum atomic E-state index is -0.758. The highest BCUT2D eigenvalue weighted by molar-refractivity contribution is 8.77. The van der Waals surface area contributed by atoms with Crippen LogP contribution in [0, 0.1) is 59.2 Å². The number of unbranched alkanes of at least 4 members (excludes halogenated alkanes) is 8. The van der Waals surface area contributed by atoms with Crippen LogP contribution >= 0.6 is 43.2 Å². The number of cyclic esters (lactones) is 2. The van der Waals surface area contributed by atoms with Crippen molar-refractivity contribution in [2.75, 3.05) is 24.7 Å². The zero-order valence-electron chi connectivity index (χ0n) is 60.5. The zero-order valence-corrected chi connectivity index (χ0v) is 63.7. The quantitative estimate of drug-likeness (QED) is 0.0243. The maximum Gasteiger partial charge on any atom is 0.508 e. The summed E-state index contributed by atoms with van der Waals surface area (Å²) >= 11 is 0. The van der Waals surface area contributed by atoms with Crippen molar-refractivity contribution in [3.05, 3.63) is 47.6 Å². The minimum absolute atomic E-state index is 0.0236. The predicted molar refractivity (Wildman–Crippen MR) is 392 cm³/mol. The summed E-state index contributed by atoms with van der Waals surface area (Å²) in [4.78, 5) is 99.8. The van der Waals surface area contributed by atoms with Gasteiger partial charge in [-0.15, -0.1) is 0 Å². The van der Waals surface area contributed by atoms with Gasteiger partial charge in [-0.3, -0.25) is 28.8 Å². The molecule has 552 valence electrons. The average Bonchev–Trinajstić information content (AvgIpc) is 0.861. The number of ketones is 2. The lowest BCUT2D eigenvalue weighted by atomic mass is 9.65. The Morgan fingerprint density at radius 3 is 1.28 bits per heavy atom. The molecule has 0 bridgehead atoms. The molecule has 20 heteroatoms. The Kier molecular flexibility index (Phi) is 36.5. The van der Waals surface area contributed by atoms with E-state index >= 15 is 0 Å². The minimum Gasteiger partial charge on any atom is -0.462 e. The van der Waals surface area contributed by atoms with Gasteiger partial charge in [0.25, 0.3) is 0 Å². The smallest absolute Gasteiger partial charge is 0.462 e. The van der Waals surface area contributed by atoms with Crippen molar-refractivity contribution >= 4 is 90.9 Å². The second kappa shape index (κ2) is 43.9. The molecule has 0 aromatic carbocycles. The van der Waals surface area contributed by atoms with Crippen LogP contribution in [0.2, 0.25) is 0 Å². The fourth-order valence-electron chi connectivity index (χ4n) is 15.3. The maximum absolute atomic E-state index is 12.8. The standard InChI is InChI=1S/C40H62O8S2.C38H58O8S2/c1-5-28(3)39(43)48-36-24-27(2)23-30-17-16-29(4)35(38(30)36)19-18-32-25-33(26-37(42)46-32)47-40(44)45-21-12-8-6-7-9-13-31(41)14-10-11-15-34-20-22-49-50-34;1-5-26(3)37(41)46-34-22-25(2)21-28-15-14-27(4)33(36(28)34)17-16-30-23-31(24-35(40)44-30)45-38(42)43-19-10-6-7-11-29(39)12-8-9-13-32-18-20-47-48-32/h16-17,23,27-29,32-36,38H,5-15,18-22,24-26H2,1-4H3;14-15,21,25-27,30-34,36H,5-13,16-20,22-24H2,1-4H3. The highest BCUT2D eigenvalue weighted by Gasteiger charge is 2.45. The molecule has 0 saturated carbocycles. The Morgan fingerprint density at radius 2 is 0.878 bits per heavy atom. The maximum atomic E-state index is 12.8. The molecular weight excluding hydrogens is 1320 g/mol. The molecule has 8 aliphatic rings. The van der Waals surface area contributed by atoms with Crippen LogP contribution in [0.15, 0.2) is 47.6 Å². The first-order chi connectivity index (χ1) is 47.2. The monoisotopic (exact) mass is 1440 g/mol. The lowest BCUT2D eigenvalue weighted by molar-refractivity contribution is -0.163. The molecule has 8 rings (SSSR count). The summed E-state index contributed by atoms with van der Waals surface area (Å²) in [6.45, 7) is 17.1. The Bertz CT molecular complexity index is 2650. The van der Waals surface area contributed by atoms with Gasteiger partial charge in [0, 0.05) is 72.4 Å². The molecule has 4 fully saturated rings. The van der Waals surface area contributed by atoms with Crippen LogP contribution in [0.3, 0.4) is 0 Å². The van der Waals surface area contributed by atoms with E-state index in [-0.39, 0.29) is 116 Å². The van der Waals surface area contributed by atoms with Crippen LogP contribution in [-0.2, 0) is 66.7 Å². The van der Waals surface area contributed by atoms with Gasteiger partial charge >= 0.3 is 36.2 Å². The first-order valence-corrected chi connectivity index (χ1v) is 42.9. The molecule has 4 aliphatic carbocycles. The Labute approximate surface area is 603 Å². The molecule has 0 spiro atoms. The third-order valence-electron chi connectivity index (χ3n) is 21.4. The van der Waals surface area contributed by atoms with Crippen LogP contribution in [0.5, 0.6) is 0 Å². The van der Waals surface area contributed by atoms with E-state index in [1.807, 2.05) is 70.9 Å².